The van der Waals surface area contributed by atoms with Crippen molar-refractivity contribution in [2.24, 2.45) is 0 Å². The highest BCUT2D eigenvalue weighted by atomic mass is 35.5. The molecule has 0 radical (unpaired) electrons. The van der Waals surface area contributed by atoms with E-state index in [-0.39, 0.29) is 0 Å². The van der Waals surface area contributed by atoms with E-state index < -0.39 is 26.4 Å². The van der Waals surface area contributed by atoms with Crippen LogP contribution in [0.15, 0.2) is 6.20 Å². The van der Waals surface area contributed by atoms with Gasteiger partial charge in [0.1, 0.15) is 6.73 Å². The molecule has 1 aliphatic rings. The Morgan fingerprint density at radius 1 is 1.22 bits per heavy atom. The molecule has 1 aromatic rings. The third kappa shape index (κ3) is 4.60. The number of ether oxygens (including phenoxy) is 1. The van der Waals surface area contributed by atoms with Crippen LogP contribution in [0.5, 0.6) is 0 Å². The Bertz CT molecular complexity index is 541. The summed E-state index contributed by atoms with van der Waals surface area (Å²) in [5.41, 5.74) is -0.0347. The van der Waals surface area contributed by atoms with Crippen LogP contribution in [0.4, 0.5) is 0 Å². The van der Waals surface area contributed by atoms with E-state index in [1.165, 1.54) is 0 Å². The summed E-state index contributed by atoms with van der Waals surface area (Å²) >= 11 is 6.26. The van der Waals surface area contributed by atoms with Crippen LogP contribution in [-0.4, -0.2) is 42.8 Å². The second-order valence-electron chi connectivity index (χ2n) is 8.35. The normalized spacial score (nSPS) is 20.3. The topological polar surface area (TPSA) is 45.5 Å². The van der Waals surface area contributed by atoms with Crippen molar-refractivity contribution in [1.82, 2.24) is 9.78 Å². The fourth-order valence-corrected chi connectivity index (χ4v) is 3.14. The van der Waals surface area contributed by atoms with E-state index in [0.29, 0.717) is 11.9 Å². The molecule has 130 valence electrons. The van der Waals surface area contributed by atoms with E-state index in [9.17, 15) is 0 Å². The third-order valence-corrected chi connectivity index (χ3v) is 6.47. The molecule has 0 atom stereocenters. The first-order valence-corrected chi connectivity index (χ1v) is 12.2. The average molecular weight is 359 g/mol. The van der Waals surface area contributed by atoms with Crippen molar-refractivity contribution < 1.29 is 14.0 Å². The highest BCUT2D eigenvalue weighted by Crippen LogP contribution is 2.36. The zero-order valence-corrected chi connectivity index (χ0v) is 17.0. The fraction of sp³-hybridized carbons (Fsp3) is 0.800. The molecule has 0 N–H and O–H groups in total. The molecule has 1 aromatic heterocycles. The van der Waals surface area contributed by atoms with Crippen LogP contribution in [0.2, 0.25) is 30.8 Å². The molecule has 5 nitrogen and oxygen atoms in total. The van der Waals surface area contributed by atoms with E-state index in [1.54, 1.807) is 4.68 Å². The zero-order chi connectivity index (χ0) is 17.5. The van der Waals surface area contributed by atoms with Gasteiger partial charge in [0.25, 0.3) is 0 Å². The predicted octanol–water partition coefficient (Wildman–Crippen LogP) is 3.15. The molecule has 1 aliphatic heterocycles. The predicted molar refractivity (Wildman–Crippen MR) is 97.1 cm³/mol. The van der Waals surface area contributed by atoms with Crippen molar-refractivity contribution >= 4 is 32.3 Å². The maximum Gasteiger partial charge on any atom is 0.499 e. The van der Waals surface area contributed by atoms with Gasteiger partial charge in [0.05, 0.1) is 11.2 Å². The summed E-state index contributed by atoms with van der Waals surface area (Å²) in [5, 5.41) is 4.69. The molecular formula is C15H28BClN2O3Si. The van der Waals surface area contributed by atoms with Crippen molar-refractivity contribution in [3.05, 3.63) is 11.3 Å². The molecule has 0 unspecified atom stereocenters. The number of nitrogens with zero attached hydrogens (tertiary/aromatic N) is 2. The van der Waals surface area contributed by atoms with Crippen molar-refractivity contribution in [2.45, 2.75) is 71.3 Å². The monoisotopic (exact) mass is 358 g/mol. The summed E-state index contributed by atoms with van der Waals surface area (Å²) < 4.78 is 19.4. The van der Waals surface area contributed by atoms with E-state index in [2.05, 4.69) is 24.7 Å². The molecule has 0 aliphatic carbocycles. The molecule has 1 saturated heterocycles. The summed E-state index contributed by atoms with van der Waals surface area (Å²) in [4.78, 5) is 0. The van der Waals surface area contributed by atoms with Crippen molar-refractivity contribution in [1.29, 1.82) is 0 Å². The van der Waals surface area contributed by atoms with Gasteiger partial charge in [0, 0.05) is 26.3 Å². The van der Waals surface area contributed by atoms with Gasteiger partial charge in [-0.05, 0) is 33.7 Å². The zero-order valence-electron chi connectivity index (χ0n) is 15.3. The molecule has 0 aromatic carbocycles. The molecule has 0 amide bonds. The van der Waals surface area contributed by atoms with Gasteiger partial charge in [-0.25, -0.2) is 4.68 Å². The Morgan fingerprint density at radius 2 is 1.78 bits per heavy atom. The van der Waals surface area contributed by atoms with E-state index >= 15 is 0 Å². The first-order valence-electron chi connectivity index (χ1n) is 8.07. The number of aromatic nitrogens is 2. The summed E-state index contributed by atoms with van der Waals surface area (Å²) in [5.74, 6) is 0. The summed E-state index contributed by atoms with van der Waals surface area (Å²) in [6.45, 7) is 16.2. The number of hydrogen-bond donors (Lipinski definition) is 0. The van der Waals surface area contributed by atoms with Gasteiger partial charge < -0.3 is 14.0 Å². The highest BCUT2D eigenvalue weighted by Gasteiger charge is 2.52. The molecule has 8 heteroatoms. The minimum Gasteiger partial charge on any atom is -0.399 e. The molecule has 0 spiro atoms. The van der Waals surface area contributed by atoms with Crippen LogP contribution in [0, 0.1) is 0 Å². The summed E-state index contributed by atoms with van der Waals surface area (Å²) in [7, 11) is -1.57. The Morgan fingerprint density at radius 3 is 2.30 bits per heavy atom. The lowest BCUT2D eigenvalue weighted by molar-refractivity contribution is 0.00578. The highest BCUT2D eigenvalue weighted by molar-refractivity contribution is 6.76. The van der Waals surface area contributed by atoms with Gasteiger partial charge in [0.2, 0.25) is 0 Å². The molecule has 0 bridgehead atoms. The maximum absolute atomic E-state index is 6.26. The molecule has 23 heavy (non-hydrogen) atoms. The minimum atomic E-state index is -1.08. The Labute approximate surface area is 145 Å². The SMILES string of the molecule is CC1(C)OB(c2cn(COCC[Si](C)(C)C)nc2Cl)OC1(C)C. The smallest absolute Gasteiger partial charge is 0.399 e. The maximum atomic E-state index is 6.26. The molecule has 1 fully saturated rings. The van der Waals surface area contributed by atoms with Crippen LogP contribution < -0.4 is 5.46 Å². The van der Waals surface area contributed by atoms with Gasteiger partial charge in [-0.2, -0.15) is 5.10 Å². The second-order valence-corrected chi connectivity index (χ2v) is 14.3. The lowest BCUT2D eigenvalue weighted by Gasteiger charge is -2.32. The fourth-order valence-electron chi connectivity index (χ4n) is 2.14. The number of halogens is 1. The van der Waals surface area contributed by atoms with Crippen molar-refractivity contribution in [2.75, 3.05) is 6.61 Å². The Kier molecular flexibility index (Phi) is 5.38. The number of hydrogen-bond acceptors (Lipinski definition) is 4. The van der Waals surface area contributed by atoms with Gasteiger partial charge in [0.15, 0.2) is 5.15 Å². The first-order chi connectivity index (χ1) is 10.4. The van der Waals surface area contributed by atoms with Crippen molar-refractivity contribution in [3.63, 3.8) is 0 Å². The van der Waals surface area contributed by atoms with Crippen LogP contribution in [0.25, 0.3) is 0 Å². The standard InChI is InChI=1S/C15H28BClN2O3Si/c1-14(2)15(3,4)22-16(21-14)12-10-19(18-13(12)17)11-20-8-9-23(5,6)7/h10H,8-9,11H2,1-7H3. The second kappa shape index (κ2) is 6.52. The molecule has 0 saturated carbocycles. The molecule has 2 rings (SSSR count). The van der Waals surface area contributed by atoms with Crippen molar-refractivity contribution in [3.8, 4) is 0 Å². The number of rotatable bonds is 6. The Hall–Kier alpha value is -0.338. The summed E-state index contributed by atoms with van der Waals surface area (Å²) in [6.07, 6.45) is 1.85. The third-order valence-electron chi connectivity index (χ3n) is 4.47. The molecular weight excluding hydrogens is 331 g/mol. The summed E-state index contributed by atoms with van der Waals surface area (Å²) in [6, 6.07) is 1.13. The van der Waals surface area contributed by atoms with Crippen LogP contribution in [0.1, 0.15) is 27.7 Å². The van der Waals surface area contributed by atoms with E-state index in [4.69, 9.17) is 25.6 Å². The van der Waals surface area contributed by atoms with Gasteiger partial charge >= 0.3 is 7.12 Å². The van der Waals surface area contributed by atoms with Crippen LogP contribution in [-0.2, 0) is 20.8 Å². The van der Waals surface area contributed by atoms with Gasteiger partial charge in [-0.3, -0.25) is 0 Å². The quantitative estimate of drug-likeness (QED) is 0.579. The minimum absolute atomic E-state index is 0.392. The lowest BCUT2D eigenvalue weighted by Crippen LogP contribution is -2.41. The van der Waals surface area contributed by atoms with E-state index in [0.717, 1.165) is 18.1 Å². The first kappa shape index (κ1) is 19.0. The largest absolute Gasteiger partial charge is 0.499 e. The van der Waals surface area contributed by atoms with Crippen LogP contribution in [0.3, 0.4) is 0 Å². The Balaban J connectivity index is 1.97. The van der Waals surface area contributed by atoms with Gasteiger partial charge in [-0.15, -0.1) is 0 Å². The van der Waals surface area contributed by atoms with Crippen LogP contribution >= 0.6 is 11.6 Å². The lowest BCUT2D eigenvalue weighted by atomic mass is 9.82. The molecule has 2 heterocycles. The van der Waals surface area contributed by atoms with E-state index in [1.807, 2.05) is 33.9 Å². The average Bonchev–Trinajstić information content (AvgIpc) is 2.82. The van der Waals surface area contributed by atoms with Gasteiger partial charge in [-0.1, -0.05) is 31.2 Å².